The Labute approximate surface area is 131 Å². The number of hydrogen-bond donors (Lipinski definition) is 3. The highest BCUT2D eigenvalue weighted by molar-refractivity contribution is 6.39. The molecule has 1 rings (SSSR count). The summed E-state index contributed by atoms with van der Waals surface area (Å²) in [6.07, 6.45) is -3.97. The number of rotatable bonds is 5. The predicted octanol–water partition coefficient (Wildman–Crippen LogP) is 2.17. The Morgan fingerprint density at radius 2 is 1.70 bits per heavy atom. The molecular weight excluding hydrogens is 313 g/mol. The van der Waals surface area contributed by atoms with Crippen LogP contribution < -0.4 is 10.6 Å². The van der Waals surface area contributed by atoms with Gasteiger partial charge in [-0.15, -0.1) is 0 Å². The maximum atomic E-state index is 12.4. The monoisotopic (exact) mass is 332 g/mol. The molecule has 1 unspecified atom stereocenters. The van der Waals surface area contributed by atoms with Crippen molar-refractivity contribution in [1.82, 2.24) is 5.32 Å². The molecule has 0 aliphatic rings. The number of nitrogens with one attached hydrogen (secondary N) is 2. The lowest BCUT2D eigenvalue weighted by Crippen LogP contribution is -2.44. The van der Waals surface area contributed by atoms with E-state index in [1.54, 1.807) is 0 Å². The first-order chi connectivity index (χ1) is 10.6. The van der Waals surface area contributed by atoms with E-state index in [0.717, 1.165) is 24.3 Å². The summed E-state index contributed by atoms with van der Waals surface area (Å²) in [5, 5.41) is 13.7. The summed E-state index contributed by atoms with van der Waals surface area (Å²) in [4.78, 5) is 23.4. The molecule has 1 atom stereocenters. The standard InChI is InChI=1S/C15H19F3N2O3/c1-9(2)7-12(8-21)20-14(23)13(22)19-11-5-3-10(4-6-11)15(16,17)18/h3-6,9,12,21H,7-8H2,1-2H3,(H,19,22)(H,20,23). The fourth-order valence-electron chi connectivity index (χ4n) is 1.93. The topological polar surface area (TPSA) is 78.4 Å². The number of hydrogen-bond acceptors (Lipinski definition) is 3. The van der Waals surface area contributed by atoms with Crippen LogP contribution in [0, 0.1) is 5.92 Å². The summed E-state index contributed by atoms with van der Waals surface area (Å²) in [5.74, 6) is -1.75. The normalized spacial score (nSPS) is 12.8. The molecule has 0 aliphatic carbocycles. The SMILES string of the molecule is CC(C)CC(CO)NC(=O)C(=O)Nc1ccc(C(F)(F)F)cc1. The first kappa shape index (κ1) is 19.0. The van der Waals surface area contributed by atoms with Gasteiger partial charge in [0.05, 0.1) is 18.2 Å². The molecule has 0 saturated heterocycles. The fourth-order valence-corrected chi connectivity index (χ4v) is 1.93. The third-order valence-corrected chi connectivity index (χ3v) is 2.99. The van der Waals surface area contributed by atoms with Gasteiger partial charge in [0.15, 0.2) is 0 Å². The van der Waals surface area contributed by atoms with E-state index >= 15 is 0 Å². The molecule has 8 heteroatoms. The number of carbonyl (C=O) groups excluding carboxylic acids is 2. The van der Waals surface area contributed by atoms with Crippen molar-refractivity contribution in [2.24, 2.45) is 5.92 Å². The van der Waals surface area contributed by atoms with E-state index in [1.165, 1.54) is 0 Å². The Morgan fingerprint density at radius 1 is 1.13 bits per heavy atom. The maximum absolute atomic E-state index is 12.4. The van der Waals surface area contributed by atoms with E-state index in [1.807, 2.05) is 13.8 Å². The molecule has 1 aromatic carbocycles. The average Bonchev–Trinajstić information content (AvgIpc) is 2.45. The van der Waals surface area contributed by atoms with E-state index in [4.69, 9.17) is 5.11 Å². The van der Waals surface area contributed by atoms with Crippen molar-refractivity contribution >= 4 is 17.5 Å². The first-order valence-corrected chi connectivity index (χ1v) is 7.03. The number of anilines is 1. The second-order valence-corrected chi connectivity index (χ2v) is 5.51. The van der Waals surface area contributed by atoms with Crippen LogP contribution in [-0.4, -0.2) is 29.6 Å². The molecule has 0 aliphatic heterocycles. The zero-order chi connectivity index (χ0) is 17.6. The van der Waals surface area contributed by atoms with Crippen LogP contribution in [0.15, 0.2) is 24.3 Å². The minimum atomic E-state index is -4.47. The van der Waals surface area contributed by atoms with E-state index in [-0.39, 0.29) is 18.2 Å². The fraction of sp³-hybridized carbons (Fsp3) is 0.467. The Morgan fingerprint density at radius 3 is 2.13 bits per heavy atom. The molecule has 0 heterocycles. The number of amides is 2. The highest BCUT2D eigenvalue weighted by Crippen LogP contribution is 2.29. The maximum Gasteiger partial charge on any atom is 0.416 e. The van der Waals surface area contributed by atoms with Crippen molar-refractivity contribution in [2.45, 2.75) is 32.5 Å². The van der Waals surface area contributed by atoms with Crippen molar-refractivity contribution in [2.75, 3.05) is 11.9 Å². The van der Waals surface area contributed by atoms with Crippen LogP contribution in [0.25, 0.3) is 0 Å². The summed E-state index contributed by atoms with van der Waals surface area (Å²) in [7, 11) is 0. The Kier molecular flexibility index (Phi) is 6.56. The van der Waals surface area contributed by atoms with Crippen LogP contribution in [0.5, 0.6) is 0 Å². The van der Waals surface area contributed by atoms with Crippen LogP contribution in [0.4, 0.5) is 18.9 Å². The van der Waals surface area contributed by atoms with Gasteiger partial charge in [-0.3, -0.25) is 9.59 Å². The van der Waals surface area contributed by atoms with Crippen LogP contribution in [-0.2, 0) is 15.8 Å². The van der Waals surface area contributed by atoms with Gasteiger partial charge < -0.3 is 15.7 Å². The van der Waals surface area contributed by atoms with Crippen LogP contribution in [0.1, 0.15) is 25.8 Å². The highest BCUT2D eigenvalue weighted by Gasteiger charge is 2.30. The molecule has 3 N–H and O–H groups in total. The minimum absolute atomic E-state index is 0.0718. The molecule has 0 fully saturated rings. The molecular formula is C15H19F3N2O3. The van der Waals surface area contributed by atoms with Crippen molar-refractivity contribution in [1.29, 1.82) is 0 Å². The van der Waals surface area contributed by atoms with E-state index in [9.17, 15) is 22.8 Å². The number of halogens is 3. The number of benzene rings is 1. The van der Waals surface area contributed by atoms with E-state index in [2.05, 4.69) is 10.6 Å². The predicted molar refractivity (Wildman–Crippen MR) is 78.5 cm³/mol. The van der Waals surface area contributed by atoms with Gasteiger partial charge in [0.25, 0.3) is 0 Å². The zero-order valence-corrected chi connectivity index (χ0v) is 12.8. The number of carbonyl (C=O) groups is 2. The summed E-state index contributed by atoms with van der Waals surface area (Å²) in [6.45, 7) is 3.49. The van der Waals surface area contributed by atoms with Gasteiger partial charge in [-0.2, -0.15) is 13.2 Å². The third-order valence-electron chi connectivity index (χ3n) is 2.99. The van der Waals surface area contributed by atoms with Crippen molar-refractivity contribution in [3.8, 4) is 0 Å². The van der Waals surface area contributed by atoms with Gasteiger partial charge in [0.2, 0.25) is 0 Å². The van der Waals surface area contributed by atoms with Crippen LogP contribution in [0.3, 0.4) is 0 Å². The lowest BCUT2D eigenvalue weighted by Gasteiger charge is -2.17. The Hall–Kier alpha value is -2.09. The van der Waals surface area contributed by atoms with Gasteiger partial charge >= 0.3 is 18.0 Å². The smallest absolute Gasteiger partial charge is 0.394 e. The second kappa shape index (κ2) is 7.96. The number of aliphatic hydroxyl groups excluding tert-OH is 1. The molecule has 0 spiro atoms. The third kappa shape index (κ3) is 6.27. The molecule has 0 aromatic heterocycles. The Bertz CT molecular complexity index is 542. The summed E-state index contributed by atoms with van der Waals surface area (Å²) in [5.41, 5.74) is -0.778. The van der Waals surface area contributed by atoms with Gasteiger partial charge in [0, 0.05) is 5.69 Å². The molecule has 128 valence electrons. The molecule has 5 nitrogen and oxygen atoms in total. The number of alkyl halides is 3. The second-order valence-electron chi connectivity index (χ2n) is 5.51. The largest absolute Gasteiger partial charge is 0.416 e. The summed E-state index contributed by atoms with van der Waals surface area (Å²) in [6, 6.07) is 3.18. The van der Waals surface area contributed by atoms with Gasteiger partial charge in [-0.25, -0.2) is 0 Å². The average molecular weight is 332 g/mol. The van der Waals surface area contributed by atoms with Gasteiger partial charge in [0.1, 0.15) is 0 Å². The van der Waals surface area contributed by atoms with Gasteiger partial charge in [-0.05, 0) is 36.6 Å². The first-order valence-electron chi connectivity index (χ1n) is 7.03. The van der Waals surface area contributed by atoms with Gasteiger partial charge in [-0.1, -0.05) is 13.8 Å². The minimum Gasteiger partial charge on any atom is -0.394 e. The van der Waals surface area contributed by atoms with Crippen LogP contribution in [0.2, 0.25) is 0 Å². The zero-order valence-electron chi connectivity index (χ0n) is 12.8. The lowest BCUT2D eigenvalue weighted by molar-refractivity contribution is -0.137. The lowest BCUT2D eigenvalue weighted by atomic mass is 10.0. The molecule has 23 heavy (non-hydrogen) atoms. The van der Waals surface area contributed by atoms with Crippen LogP contribution >= 0.6 is 0 Å². The quantitative estimate of drug-likeness (QED) is 0.723. The van der Waals surface area contributed by atoms with Crippen molar-refractivity contribution < 1.29 is 27.9 Å². The van der Waals surface area contributed by atoms with Crippen molar-refractivity contribution in [3.05, 3.63) is 29.8 Å². The number of aliphatic hydroxyl groups is 1. The molecule has 0 saturated carbocycles. The highest BCUT2D eigenvalue weighted by atomic mass is 19.4. The van der Waals surface area contributed by atoms with E-state index < -0.39 is 29.6 Å². The van der Waals surface area contributed by atoms with Crippen molar-refractivity contribution in [3.63, 3.8) is 0 Å². The molecule has 0 radical (unpaired) electrons. The summed E-state index contributed by atoms with van der Waals surface area (Å²) >= 11 is 0. The molecule has 1 aromatic rings. The Balaban J connectivity index is 2.63. The summed E-state index contributed by atoms with van der Waals surface area (Å²) < 4.78 is 37.3. The molecule has 0 bridgehead atoms. The molecule has 2 amide bonds. The van der Waals surface area contributed by atoms with E-state index in [0.29, 0.717) is 6.42 Å².